The minimum atomic E-state index is -0.540. The molecule has 0 N–H and O–H groups in total. The Balaban J connectivity index is 3.13. The van der Waals surface area contributed by atoms with Crippen molar-refractivity contribution in [2.45, 2.75) is 0 Å². The minimum absolute atomic E-state index is 0.0975. The van der Waals surface area contributed by atoms with Gasteiger partial charge in [-0.25, -0.2) is 0 Å². The van der Waals surface area contributed by atoms with Gasteiger partial charge in [-0.05, 0) is 6.07 Å². The van der Waals surface area contributed by atoms with Crippen molar-refractivity contribution in [2.75, 3.05) is 6.26 Å². The molecule has 0 amide bonds. The molecular weight excluding hydrogens is 206 g/mol. The average molecular weight is 213 g/mol. The zero-order valence-electron chi connectivity index (χ0n) is 7.30. The molecule has 0 unspecified atom stereocenters. The summed E-state index contributed by atoms with van der Waals surface area (Å²) in [5, 5.41) is 10.4. The Labute approximate surface area is 84.4 Å². The molecule has 1 rings (SSSR count). The summed E-state index contributed by atoms with van der Waals surface area (Å²) in [6.45, 7) is 0. The summed E-state index contributed by atoms with van der Waals surface area (Å²) in [5.74, 6) is 0.210. The molecule has 0 atom stereocenters. The summed E-state index contributed by atoms with van der Waals surface area (Å²) in [7, 11) is 0. The largest absolute Gasteiger partial charge is 0.425 e. The highest BCUT2D eigenvalue weighted by molar-refractivity contribution is 7.94. The van der Waals surface area contributed by atoms with Crippen molar-refractivity contribution in [3.05, 3.63) is 33.9 Å². The maximum Gasteiger partial charge on any atom is 0.273 e. The fourth-order valence-electron chi connectivity index (χ4n) is 0.896. The van der Waals surface area contributed by atoms with Gasteiger partial charge in [0.1, 0.15) is 0 Å². The van der Waals surface area contributed by atoms with Crippen LogP contribution in [0.4, 0.5) is 5.69 Å². The smallest absolute Gasteiger partial charge is 0.273 e. The molecular formula is C8H7NO4S. The Morgan fingerprint density at radius 2 is 2.29 bits per heavy atom. The molecule has 0 aliphatic heterocycles. The molecule has 6 heteroatoms. The van der Waals surface area contributed by atoms with Gasteiger partial charge in [0, 0.05) is 12.3 Å². The number of aldehydes is 1. The molecule has 0 aliphatic rings. The highest BCUT2D eigenvalue weighted by Gasteiger charge is 2.11. The van der Waals surface area contributed by atoms with E-state index < -0.39 is 4.92 Å². The van der Waals surface area contributed by atoms with Crippen molar-refractivity contribution >= 4 is 24.0 Å². The monoisotopic (exact) mass is 213 g/mol. The summed E-state index contributed by atoms with van der Waals surface area (Å²) in [6, 6.07) is 3.84. The summed E-state index contributed by atoms with van der Waals surface area (Å²) in [5.41, 5.74) is 0.199. The zero-order chi connectivity index (χ0) is 10.6. The van der Waals surface area contributed by atoms with E-state index in [1.165, 1.54) is 18.2 Å². The van der Waals surface area contributed by atoms with Crippen LogP contribution >= 0.6 is 12.0 Å². The Morgan fingerprint density at radius 1 is 1.57 bits per heavy atom. The Hall–Kier alpha value is -1.56. The maximum absolute atomic E-state index is 10.5. The Morgan fingerprint density at radius 3 is 2.79 bits per heavy atom. The second-order valence-electron chi connectivity index (χ2n) is 2.35. The number of benzene rings is 1. The number of non-ortho nitro benzene ring substituents is 1. The van der Waals surface area contributed by atoms with Crippen LogP contribution in [-0.2, 0) is 0 Å². The SMILES string of the molecule is CSOc1cc([N+](=O)[O-])ccc1C=O. The van der Waals surface area contributed by atoms with Crippen LogP contribution in [0.15, 0.2) is 18.2 Å². The van der Waals surface area contributed by atoms with Crippen molar-refractivity contribution in [3.8, 4) is 5.75 Å². The lowest BCUT2D eigenvalue weighted by atomic mass is 10.2. The van der Waals surface area contributed by atoms with Crippen LogP contribution in [0.5, 0.6) is 5.75 Å². The Bertz CT molecular complexity index is 366. The Kier molecular flexibility index (Phi) is 3.47. The van der Waals surface area contributed by atoms with E-state index in [1.54, 1.807) is 6.26 Å². The molecule has 14 heavy (non-hydrogen) atoms. The summed E-state index contributed by atoms with van der Waals surface area (Å²) < 4.78 is 5.00. The molecule has 0 radical (unpaired) electrons. The van der Waals surface area contributed by atoms with Gasteiger partial charge < -0.3 is 4.18 Å². The maximum atomic E-state index is 10.5. The van der Waals surface area contributed by atoms with Gasteiger partial charge in [0.05, 0.1) is 28.6 Å². The van der Waals surface area contributed by atoms with E-state index in [0.717, 1.165) is 12.0 Å². The van der Waals surface area contributed by atoms with Crippen molar-refractivity contribution in [3.63, 3.8) is 0 Å². The number of nitrogens with zero attached hydrogens (tertiary/aromatic N) is 1. The molecule has 1 aromatic rings. The number of nitro groups is 1. The molecule has 0 fully saturated rings. The molecule has 0 bridgehead atoms. The van der Waals surface area contributed by atoms with Crippen LogP contribution in [0, 0.1) is 10.1 Å². The van der Waals surface area contributed by atoms with Crippen LogP contribution in [0.3, 0.4) is 0 Å². The number of carbonyl (C=O) groups excluding carboxylic acids is 1. The van der Waals surface area contributed by atoms with Gasteiger partial charge in [0.2, 0.25) is 0 Å². The fourth-order valence-corrected chi connectivity index (χ4v) is 1.22. The van der Waals surface area contributed by atoms with Gasteiger partial charge >= 0.3 is 0 Å². The third-order valence-electron chi connectivity index (χ3n) is 1.51. The second kappa shape index (κ2) is 4.61. The van der Waals surface area contributed by atoms with Gasteiger partial charge in [-0.1, -0.05) is 0 Å². The lowest BCUT2D eigenvalue weighted by Gasteiger charge is -2.02. The minimum Gasteiger partial charge on any atom is -0.425 e. The van der Waals surface area contributed by atoms with Crippen molar-refractivity contribution in [1.82, 2.24) is 0 Å². The third kappa shape index (κ3) is 2.23. The van der Waals surface area contributed by atoms with Gasteiger partial charge in [-0.15, -0.1) is 0 Å². The van der Waals surface area contributed by atoms with Crippen LogP contribution in [0.1, 0.15) is 10.4 Å². The van der Waals surface area contributed by atoms with E-state index >= 15 is 0 Å². The molecule has 0 saturated heterocycles. The summed E-state index contributed by atoms with van der Waals surface area (Å²) >= 11 is 1.02. The van der Waals surface area contributed by atoms with E-state index in [9.17, 15) is 14.9 Å². The van der Waals surface area contributed by atoms with Gasteiger partial charge in [0.25, 0.3) is 5.69 Å². The normalized spacial score (nSPS) is 9.50. The first-order valence-electron chi connectivity index (χ1n) is 3.63. The van der Waals surface area contributed by atoms with E-state index in [1.807, 2.05) is 0 Å². The molecule has 0 saturated carbocycles. The van der Waals surface area contributed by atoms with Crippen molar-refractivity contribution in [2.24, 2.45) is 0 Å². The topological polar surface area (TPSA) is 69.4 Å². The lowest BCUT2D eigenvalue weighted by molar-refractivity contribution is -0.384. The molecule has 0 aliphatic carbocycles. The average Bonchev–Trinajstić information content (AvgIpc) is 2.18. The van der Waals surface area contributed by atoms with Crippen molar-refractivity contribution in [1.29, 1.82) is 0 Å². The van der Waals surface area contributed by atoms with Crippen LogP contribution in [-0.4, -0.2) is 17.5 Å². The first-order chi connectivity index (χ1) is 6.69. The standard InChI is InChI=1S/C8H7NO4S/c1-14-13-8-4-7(9(11)12)3-2-6(8)5-10/h2-5H,1H3. The van der Waals surface area contributed by atoms with E-state index in [4.69, 9.17) is 4.18 Å². The third-order valence-corrected chi connectivity index (χ3v) is 1.85. The van der Waals surface area contributed by atoms with Gasteiger partial charge in [-0.2, -0.15) is 0 Å². The summed E-state index contributed by atoms with van der Waals surface area (Å²) in [4.78, 5) is 20.4. The molecule has 5 nitrogen and oxygen atoms in total. The molecule has 0 aromatic heterocycles. The lowest BCUT2D eigenvalue weighted by Crippen LogP contribution is -1.92. The summed E-state index contributed by atoms with van der Waals surface area (Å²) in [6.07, 6.45) is 2.25. The predicted octanol–water partition coefficient (Wildman–Crippen LogP) is 2.06. The highest BCUT2D eigenvalue weighted by Crippen LogP contribution is 2.25. The number of hydrogen-bond acceptors (Lipinski definition) is 5. The van der Waals surface area contributed by atoms with E-state index in [-0.39, 0.29) is 11.4 Å². The van der Waals surface area contributed by atoms with Crippen LogP contribution in [0.25, 0.3) is 0 Å². The number of carbonyl (C=O) groups is 1. The molecule has 74 valence electrons. The highest BCUT2D eigenvalue weighted by atomic mass is 32.2. The first kappa shape index (κ1) is 10.5. The van der Waals surface area contributed by atoms with Gasteiger partial charge in [0.15, 0.2) is 12.0 Å². The van der Waals surface area contributed by atoms with E-state index in [0.29, 0.717) is 11.8 Å². The number of hydrogen-bond donors (Lipinski definition) is 0. The fraction of sp³-hybridized carbons (Fsp3) is 0.125. The van der Waals surface area contributed by atoms with E-state index in [2.05, 4.69) is 0 Å². The zero-order valence-corrected chi connectivity index (χ0v) is 8.11. The number of nitro benzene ring substituents is 1. The van der Waals surface area contributed by atoms with Gasteiger partial charge in [-0.3, -0.25) is 14.9 Å². The van der Waals surface area contributed by atoms with Crippen molar-refractivity contribution < 1.29 is 13.9 Å². The van der Waals surface area contributed by atoms with Crippen LogP contribution < -0.4 is 4.18 Å². The van der Waals surface area contributed by atoms with Crippen LogP contribution in [0.2, 0.25) is 0 Å². The quantitative estimate of drug-likeness (QED) is 0.331. The molecule has 0 heterocycles. The molecule has 1 aromatic carbocycles. The first-order valence-corrected chi connectivity index (χ1v) is 4.78. The molecule has 0 spiro atoms. The predicted molar refractivity (Wildman–Crippen MR) is 52.6 cm³/mol. The number of rotatable bonds is 4. The second-order valence-corrected chi connectivity index (χ2v) is 2.85.